The van der Waals surface area contributed by atoms with Gasteiger partial charge in [0.1, 0.15) is 0 Å². The summed E-state index contributed by atoms with van der Waals surface area (Å²) in [6.45, 7) is 6.17. The molecule has 0 amide bonds. The molecule has 0 aliphatic carbocycles. The Morgan fingerprint density at radius 2 is 1.50 bits per heavy atom. The van der Waals surface area contributed by atoms with Crippen molar-refractivity contribution in [3.05, 3.63) is 54.1 Å². The third-order valence-electron chi connectivity index (χ3n) is 5.18. The molecular weight excluding hydrogens is 396 g/mol. The number of nitrogens with zero attached hydrogens (tertiary/aromatic N) is 2. The molecule has 0 fully saturated rings. The molecule has 1 aliphatic rings. The molecule has 1 atom stereocenters. The lowest BCUT2D eigenvalue weighted by Crippen LogP contribution is -2.42. The van der Waals surface area contributed by atoms with Crippen LogP contribution in [-0.2, 0) is 26.5 Å². The number of para-hydroxylation sites is 1. The Morgan fingerprint density at radius 3 is 2.11 bits per heavy atom. The SMILES string of the molecule is CCN(CC)S(=O)(=O)c1ccc(S(=O)(=O)N2c3ccccc3CC[C@H]2C)cc1. The number of sulfonamides is 2. The molecule has 0 spiro atoms. The van der Waals surface area contributed by atoms with Crippen LogP contribution in [0.15, 0.2) is 58.3 Å². The smallest absolute Gasteiger partial charge is 0.263 e. The van der Waals surface area contributed by atoms with Crippen molar-refractivity contribution in [2.24, 2.45) is 0 Å². The second kappa shape index (κ2) is 7.85. The van der Waals surface area contributed by atoms with Gasteiger partial charge in [-0.3, -0.25) is 4.31 Å². The lowest BCUT2D eigenvalue weighted by molar-refractivity contribution is 0.445. The molecule has 3 rings (SSSR count). The van der Waals surface area contributed by atoms with E-state index in [1.54, 1.807) is 13.8 Å². The highest BCUT2D eigenvalue weighted by atomic mass is 32.2. The zero-order valence-electron chi connectivity index (χ0n) is 16.4. The van der Waals surface area contributed by atoms with Gasteiger partial charge in [0.25, 0.3) is 10.0 Å². The van der Waals surface area contributed by atoms with Crippen LogP contribution in [0.4, 0.5) is 5.69 Å². The predicted octanol–water partition coefficient (Wildman–Crippen LogP) is 3.25. The third kappa shape index (κ3) is 3.56. The minimum Gasteiger partial charge on any atom is -0.263 e. The van der Waals surface area contributed by atoms with Crippen molar-refractivity contribution in [1.82, 2.24) is 4.31 Å². The van der Waals surface area contributed by atoms with Crippen molar-refractivity contribution in [3.63, 3.8) is 0 Å². The maximum Gasteiger partial charge on any atom is 0.264 e. The Labute approximate surface area is 167 Å². The quantitative estimate of drug-likeness (QED) is 0.716. The van der Waals surface area contributed by atoms with E-state index in [0.29, 0.717) is 18.8 Å². The van der Waals surface area contributed by atoms with Gasteiger partial charge in [-0.25, -0.2) is 16.8 Å². The zero-order valence-corrected chi connectivity index (χ0v) is 18.0. The van der Waals surface area contributed by atoms with Crippen LogP contribution in [0, 0.1) is 0 Å². The Balaban J connectivity index is 2.00. The summed E-state index contributed by atoms with van der Waals surface area (Å²) in [5.41, 5.74) is 1.70. The summed E-state index contributed by atoms with van der Waals surface area (Å²) in [5.74, 6) is 0. The van der Waals surface area contributed by atoms with Gasteiger partial charge in [-0.05, 0) is 55.7 Å². The molecule has 28 heavy (non-hydrogen) atoms. The fraction of sp³-hybridized carbons (Fsp3) is 0.400. The summed E-state index contributed by atoms with van der Waals surface area (Å²) < 4.78 is 54.7. The lowest BCUT2D eigenvalue weighted by Gasteiger charge is -2.36. The van der Waals surface area contributed by atoms with Crippen LogP contribution in [0.3, 0.4) is 0 Å². The first-order chi connectivity index (χ1) is 13.2. The fourth-order valence-electron chi connectivity index (χ4n) is 3.63. The molecule has 0 aromatic heterocycles. The summed E-state index contributed by atoms with van der Waals surface area (Å²) in [7, 11) is -7.42. The first-order valence-corrected chi connectivity index (χ1v) is 12.3. The Hall–Kier alpha value is -1.90. The van der Waals surface area contributed by atoms with Crippen LogP contribution in [0.25, 0.3) is 0 Å². The van der Waals surface area contributed by atoms with E-state index in [1.165, 1.54) is 32.9 Å². The number of benzene rings is 2. The second-order valence-corrected chi connectivity index (χ2v) is 10.6. The van der Waals surface area contributed by atoms with Gasteiger partial charge in [-0.15, -0.1) is 0 Å². The normalized spacial score (nSPS) is 17.6. The number of hydrogen-bond donors (Lipinski definition) is 0. The van der Waals surface area contributed by atoms with Crippen molar-refractivity contribution in [1.29, 1.82) is 0 Å². The van der Waals surface area contributed by atoms with E-state index in [4.69, 9.17) is 0 Å². The number of fused-ring (bicyclic) bond motifs is 1. The molecular formula is C20H26N2O4S2. The average Bonchev–Trinajstić information content (AvgIpc) is 2.68. The molecule has 152 valence electrons. The van der Waals surface area contributed by atoms with Gasteiger partial charge in [0.05, 0.1) is 15.5 Å². The molecule has 0 unspecified atom stereocenters. The van der Waals surface area contributed by atoms with Crippen LogP contribution in [0.5, 0.6) is 0 Å². The number of rotatable bonds is 6. The first kappa shape index (κ1) is 20.8. The standard InChI is InChI=1S/C20H26N2O4S2/c1-4-21(5-2)27(23,24)18-12-14-19(15-13-18)28(25,26)22-16(3)10-11-17-8-6-7-9-20(17)22/h6-9,12-16H,4-5,10-11H2,1-3H3/t16-/m1/s1. The molecule has 2 aromatic rings. The molecule has 0 radical (unpaired) electrons. The molecule has 1 heterocycles. The zero-order chi connectivity index (χ0) is 20.5. The highest BCUT2D eigenvalue weighted by Gasteiger charge is 2.34. The van der Waals surface area contributed by atoms with Crippen LogP contribution in [0.2, 0.25) is 0 Å². The van der Waals surface area contributed by atoms with Crippen LogP contribution in [0.1, 0.15) is 32.8 Å². The van der Waals surface area contributed by atoms with Gasteiger partial charge >= 0.3 is 0 Å². The molecule has 0 saturated carbocycles. The summed E-state index contributed by atoms with van der Waals surface area (Å²) in [5, 5.41) is 0. The van der Waals surface area contributed by atoms with Gasteiger partial charge in [0.2, 0.25) is 10.0 Å². The molecule has 1 aliphatic heterocycles. The van der Waals surface area contributed by atoms with Crippen molar-refractivity contribution in [2.45, 2.75) is 49.4 Å². The number of anilines is 1. The molecule has 2 aromatic carbocycles. The van der Waals surface area contributed by atoms with Crippen LogP contribution in [-0.4, -0.2) is 40.3 Å². The van der Waals surface area contributed by atoms with E-state index in [1.807, 2.05) is 31.2 Å². The Morgan fingerprint density at radius 1 is 0.929 bits per heavy atom. The van der Waals surface area contributed by atoms with E-state index >= 15 is 0 Å². The minimum atomic E-state index is -3.79. The van der Waals surface area contributed by atoms with Gasteiger partial charge in [0.15, 0.2) is 0 Å². The number of hydrogen-bond acceptors (Lipinski definition) is 4. The molecule has 0 saturated heterocycles. The van der Waals surface area contributed by atoms with E-state index in [9.17, 15) is 16.8 Å². The molecule has 6 nitrogen and oxygen atoms in total. The van der Waals surface area contributed by atoms with E-state index in [0.717, 1.165) is 18.4 Å². The van der Waals surface area contributed by atoms with Gasteiger partial charge in [-0.2, -0.15) is 4.31 Å². The minimum absolute atomic E-state index is 0.0922. The Kier molecular flexibility index (Phi) is 5.84. The predicted molar refractivity (Wildman–Crippen MR) is 110 cm³/mol. The molecule has 0 bridgehead atoms. The molecule has 0 N–H and O–H groups in total. The highest BCUT2D eigenvalue weighted by molar-refractivity contribution is 7.93. The van der Waals surface area contributed by atoms with Gasteiger partial charge in [0, 0.05) is 19.1 Å². The Bertz CT molecular complexity index is 1040. The lowest BCUT2D eigenvalue weighted by atomic mass is 9.99. The van der Waals surface area contributed by atoms with Crippen molar-refractivity contribution in [3.8, 4) is 0 Å². The van der Waals surface area contributed by atoms with Crippen molar-refractivity contribution in [2.75, 3.05) is 17.4 Å². The first-order valence-electron chi connectivity index (χ1n) is 9.46. The number of aryl methyl sites for hydroxylation is 1. The van der Waals surface area contributed by atoms with Crippen LogP contribution >= 0.6 is 0 Å². The maximum absolute atomic E-state index is 13.3. The van der Waals surface area contributed by atoms with E-state index in [2.05, 4.69) is 0 Å². The van der Waals surface area contributed by atoms with Crippen molar-refractivity contribution >= 4 is 25.7 Å². The van der Waals surface area contributed by atoms with Gasteiger partial charge < -0.3 is 0 Å². The fourth-order valence-corrected chi connectivity index (χ4v) is 6.81. The summed E-state index contributed by atoms with van der Waals surface area (Å²) in [4.78, 5) is 0.191. The monoisotopic (exact) mass is 422 g/mol. The summed E-state index contributed by atoms with van der Waals surface area (Å²) in [6.07, 6.45) is 1.58. The second-order valence-electron chi connectivity index (χ2n) is 6.88. The summed E-state index contributed by atoms with van der Waals surface area (Å²) >= 11 is 0. The molecule has 8 heteroatoms. The summed E-state index contributed by atoms with van der Waals surface area (Å²) in [6, 6.07) is 12.9. The largest absolute Gasteiger partial charge is 0.264 e. The van der Waals surface area contributed by atoms with E-state index in [-0.39, 0.29) is 15.8 Å². The maximum atomic E-state index is 13.3. The topological polar surface area (TPSA) is 74.8 Å². The highest BCUT2D eigenvalue weighted by Crippen LogP contribution is 2.35. The average molecular weight is 423 g/mol. The third-order valence-corrected chi connectivity index (χ3v) is 9.19. The van der Waals surface area contributed by atoms with Crippen molar-refractivity contribution < 1.29 is 16.8 Å². The van der Waals surface area contributed by atoms with Gasteiger partial charge in [-0.1, -0.05) is 32.0 Å². The van der Waals surface area contributed by atoms with E-state index < -0.39 is 20.0 Å². The van der Waals surface area contributed by atoms with Crippen LogP contribution < -0.4 is 4.31 Å².